The Morgan fingerprint density at radius 1 is 0.432 bits per heavy atom. The van der Waals surface area contributed by atoms with Crippen LogP contribution in [-0.4, -0.2) is 9.55 Å². The van der Waals surface area contributed by atoms with Gasteiger partial charge in [0.1, 0.15) is 5.52 Å². The van der Waals surface area contributed by atoms with Crippen molar-refractivity contribution >= 4 is 43.7 Å². The summed E-state index contributed by atoms with van der Waals surface area (Å²) in [5.41, 5.74) is 10.8. The molecule has 0 atom stereocenters. The fraction of sp³-hybridized carbons (Fsp3) is 0. The zero-order valence-electron chi connectivity index (χ0n) is 23.8. The molecule has 0 saturated heterocycles. The monoisotopic (exact) mass is 562 g/mol. The van der Waals surface area contributed by atoms with Gasteiger partial charge in [-0.25, -0.2) is 4.98 Å². The molecule has 3 heteroatoms. The van der Waals surface area contributed by atoms with Crippen LogP contribution >= 0.6 is 0 Å². The molecular weight excluding hydrogens is 536 g/mol. The van der Waals surface area contributed by atoms with Crippen LogP contribution in [0.25, 0.3) is 83.1 Å². The first-order valence-corrected chi connectivity index (χ1v) is 14.9. The van der Waals surface area contributed by atoms with Gasteiger partial charge in [0, 0.05) is 22.0 Å². The number of aromatic nitrogens is 2. The maximum absolute atomic E-state index is 6.17. The molecule has 2 heterocycles. The molecule has 44 heavy (non-hydrogen) atoms. The Balaban J connectivity index is 1.01. The number of oxazole rings is 1. The fourth-order valence-electron chi connectivity index (χ4n) is 6.41. The summed E-state index contributed by atoms with van der Waals surface area (Å²) in [5.74, 6) is 0.629. The summed E-state index contributed by atoms with van der Waals surface area (Å²) < 4.78 is 8.52. The van der Waals surface area contributed by atoms with E-state index in [2.05, 4.69) is 156 Å². The van der Waals surface area contributed by atoms with Gasteiger partial charge in [-0.1, -0.05) is 103 Å². The van der Waals surface area contributed by atoms with E-state index in [0.717, 1.165) is 33.5 Å². The van der Waals surface area contributed by atoms with Crippen LogP contribution in [0.1, 0.15) is 0 Å². The first kappa shape index (κ1) is 24.6. The Hall–Kier alpha value is -5.93. The van der Waals surface area contributed by atoms with Crippen molar-refractivity contribution < 1.29 is 4.42 Å². The van der Waals surface area contributed by atoms with E-state index in [9.17, 15) is 0 Å². The van der Waals surface area contributed by atoms with E-state index in [1.807, 2.05) is 6.07 Å². The average Bonchev–Trinajstić information content (AvgIpc) is 3.67. The lowest BCUT2D eigenvalue weighted by molar-refractivity contribution is 0.620. The van der Waals surface area contributed by atoms with Crippen molar-refractivity contribution in [3.05, 3.63) is 158 Å². The van der Waals surface area contributed by atoms with Gasteiger partial charge in [-0.05, 0) is 87.6 Å². The van der Waals surface area contributed by atoms with Gasteiger partial charge in [0.2, 0.25) is 5.89 Å². The van der Waals surface area contributed by atoms with Gasteiger partial charge in [-0.2, -0.15) is 0 Å². The first-order valence-electron chi connectivity index (χ1n) is 14.9. The van der Waals surface area contributed by atoms with Gasteiger partial charge in [0.15, 0.2) is 5.58 Å². The zero-order valence-corrected chi connectivity index (χ0v) is 23.8. The lowest BCUT2D eigenvalue weighted by atomic mass is 10.0. The molecule has 0 aliphatic rings. The molecule has 0 aliphatic heterocycles. The van der Waals surface area contributed by atoms with Crippen molar-refractivity contribution in [2.24, 2.45) is 0 Å². The maximum atomic E-state index is 6.17. The van der Waals surface area contributed by atoms with Crippen LogP contribution in [-0.2, 0) is 0 Å². The van der Waals surface area contributed by atoms with Gasteiger partial charge in [0.05, 0.1) is 11.0 Å². The largest absolute Gasteiger partial charge is 0.436 e. The van der Waals surface area contributed by atoms with Crippen molar-refractivity contribution in [3.8, 4) is 39.4 Å². The molecule has 206 valence electrons. The van der Waals surface area contributed by atoms with Gasteiger partial charge >= 0.3 is 0 Å². The van der Waals surface area contributed by atoms with Crippen molar-refractivity contribution in [2.45, 2.75) is 0 Å². The summed E-state index contributed by atoms with van der Waals surface area (Å²) in [6.45, 7) is 0. The molecule has 0 spiro atoms. The minimum atomic E-state index is 0.629. The Kier molecular flexibility index (Phi) is 5.50. The van der Waals surface area contributed by atoms with Crippen LogP contribution in [0.3, 0.4) is 0 Å². The molecule has 9 rings (SSSR count). The number of benzene rings is 7. The standard InChI is InChI=1S/C41H26N2O/c1-2-8-31-25-32(18-15-27(31)7-1)33-21-24-40-37(26-33)42-41(44-40)30-16-13-28(14-17-30)29-19-22-34(23-20-29)43-38-11-5-3-9-35(38)36-10-4-6-12-39(36)43/h1-26H. The second-order valence-electron chi connectivity index (χ2n) is 11.3. The summed E-state index contributed by atoms with van der Waals surface area (Å²) in [6, 6.07) is 55.7. The van der Waals surface area contributed by atoms with Gasteiger partial charge in [0.25, 0.3) is 0 Å². The van der Waals surface area contributed by atoms with E-state index in [1.54, 1.807) is 0 Å². The van der Waals surface area contributed by atoms with E-state index in [0.29, 0.717) is 5.89 Å². The third-order valence-electron chi connectivity index (χ3n) is 8.64. The second-order valence-corrected chi connectivity index (χ2v) is 11.3. The lowest BCUT2D eigenvalue weighted by Crippen LogP contribution is -1.93. The number of hydrogen-bond donors (Lipinski definition) is 0. The van der Waals surface area contributed by atoms with Crippen molar-refractivity contribution in [1.82, 2.24) is 9.55 Å². The predicted octanol–water partition coefficient (Wildman–Crippen LogP) is 11.1. The van der Waals surface area contributed by atoms with E-state index in [4.69, 9.17) is 9.40 Å². The number of nitrogens with zero attached hydrogens (tertiary/aromatic N) is 2. The van der Waals surface area contributed by atoms with Gasteiger partial charge in [-0.15, -0.1) is 0 Å². The van der Waals surface area contributed by atoms with Crippen molar-refractivity contribution in [2.75, 3.05) is 0 Å². The molecule has 0 amide bonds. The molecular formula is C41H26N2O. The third kappa shape index (κ3) is 4.02. The average molecular weight is 563 g/mol. The van der Waals surface area contributed by atoms with E-state index in [-0.39, 0.29) is 0 Å². The van der Waals surface area contributed by atoms with Crippen LogP contribution in [0.4, 0.5) is 0 Å². The summed E-state index contributed by atoms with van der Waals surface area (Å²) in [4.78, 5) is 4.85. The molecule has 0 aliphatic carbocycles. The SMILES string of the molecule is c1ccc2cc(-c3ccc4oc(-c5ccc(-c6ccc(-n7c8ccccc8c8ccccc87)cc6)cc5)nc4c3)ccc2c1. The highest BCUT2D eigenvalue weighted by Gasteiger charge is 2.13. The van der Waals surface area contributed by atoms with Crippen LogP contribution in [0, 0.1) is 0 Å². The fourth-order valence-corrected chi connectivity index (χ4v) is 6.41. The Morgan fingerprint density at radius 3 is 1.70 bits per heavy atom. The van der Waals surface area contributed by atoms with Crippen molar-refractivity contribution in [1.29, 1.82) is 0 Å². The number of para-hydroxylation sites is 2. The number of rotatable bonds is 4. The minimum Gasteiger partial charge on any atom is -0.436 e. The highest BCUT2D eigenvalue weighted by Crippen LogP contribution is 2.34. The summed E-state index contributed by atoms with van der Waals surface area (Å²) >= 11 is 0. The smallest absolute Gasteiger partial charge is 0.227 e. The summed E-state index contributed by atoms with van der Waals surface area (Å²) in [7, 11) is 0. The highest BCUT2D eigenvalue weighted by molar-refractivity contribution is 6.09. The molecule has 0 N–H and O–H groups in total. The Morgan fingerprint density at radius 2 is 0.977 bits per heavy atom. The Bertz CT molecular complexity index is 2430. The van der Waals surface area contributed by atoms with Crippen molar-refractivity contribution in [3.63, 3.8) is 0 Å². The predicted molar refractivity (Wildman–Crippen MR) is 182 cm³/mol. The third-order valence-corrected chi connectivity index (χ3v) is 8.64. The molecule has 0 bridgehead atoms. The normalized spacial score (nSPS) is 11.6. The van der Waals surface area contributed by atoms with E-state index in [1.165, 1.54) is 43.7 Å². The maximum Gasteiger partial charge on any atom is 0.227 e. The quantitative estimate of drug-likeness (QED) is 0.214. The Labute approximate surface area is 254 Å². The number of hydrogen-bond acceptors (Lipinski definition) is 2. The molecule has 0 radical (unpaired) electrons. The summed E-state index contributed by atoms with van der Waals surface area (Å²) in [5, 5.41) is 5.01. The molecule has 0 fully saturated rings. The lowest BCUT2D eigenvalue weighted by Gasteiger charge is -2.09. The first-order chi connectivity index (χ1) is 21.8. The molecule has 0 saturated carbocycles. The van der Waals surface area contributed by atoms with Gasteiger partial charge < -0.3 is 8.98 Å². The molecule has 7 aromatic carbocycles. The van der Waals surface area contributed by atoms with Crippen LogP contribution in [0.15, 0.2) is 162 Å². The van der Waals surface area contributed by atoms with Crippen LogP contribution in [0.2, 0.25) is 0 Å². The molecule has 3 nitrogen and oxygen atoms in total. The second kappa shape index (κ2) is 9.82. The number of fused-ring (bicyclic) bond motifs is 5. The van der Waals surface area contributed by atoms with Crippen LogP contribution in [0.5, 0.6) is 0 Å². The molecule has 9 aromatic rings. The van der Waals surface area contributed by atoms with E-state index >= 15 is 0 Å². The summed E-state index contributed by atoms with van der Waals surface area (Å²) in [6.07, 6.45) is 0. The van der Waals surface area contributed by atoms with Gasteiger partial charge in [-0.3, -0.25) is 0 Å². The zero-order chi connectivity index (χ0) is 29.0. The van der Waals surface area contributed by atoms with E-state index < -0.39 is 0 Å². The topological polar surface area (TPSA) is 31.0 Å². The highest BCUT2D eigenvalue weighted by atomic mass is 16.3. The van der Waals surface area contributed by atoms with Crippen LogP contribution < -0.4 is 0 Å². The minimum absolute atomic E-state index is 0.629. The molecule has 2 aromatic heterocycles. The molecule has 0 unspecified atom stereocenters.